The van der Waals surface area contributed by atoms with Crippen LogP contribution in [-0.4, -0.2) is 31.1 Å². The van der Waals surface area contributed by atoms with Gasteiger partial charge in [0.05, 0.1) is 18.3 Å². The molecular formula is C21H29N5. The maximum Gasteiger partial charge on any atom is 0.191 e. The van der Waals surface area contributed by atoms with Crippen molar-refractivity contribution in [3.63, 3.8) is 0 Å². The third-order valence-corrected chi connectivity index (χ3v) is 4.80. The summed E-state index contributed by atoms with van der Waals surface area (Å²) in [4.78, 5) is 11.3. The number of pyridine rings is 1. The van der Waals surface area contributed by atoms with Gasteiger partial charge in [0.15, 0.2) is 5.96 Å². The van der Waals surface area contributed by atoms with Crippen molar-refractivity contribution in [2.75, 3.05) is 25.0 Å². The number of aliphatic imine (C=N–C) groups is 1. The second-order valence-electron chi connectivity index (χ2n) is 6.85. The molecule has 0 saturated carbocycles. The molecule has 1 saturated heterocycles. The minimum atomic E-state index is 0.175. The number of nitrogens with one attached hydrogen (secondary N) is 2. The van der Waals surface area contributed by atoms with E-state index in [-0.39, 0.29) is 6.04 Å². The smallest absolute Gasteiger partial charge is 0.191 e. The summed E-state index contributed by atoms with van der Waals surface area (Å²) in [6.07, 6.45) is 2.59. The number of guanidine groups is 1. The average molecular weight is 351 g/mol. The summed E-state index contributed by atoms with van der Waals surface area (Å²) in [5.41, 5.74) is 4.63. The molecule has 26 heavy (non-hydrogen) atoms. The van der Waals surface area contributed by atoms with Gasteiger partial charge in [0, 0.05) is 31.5 Å². The quantitative estimate of drug-likeness (QED) is 0.640. The Balaban J connectivity index is 1.60. The molecule has 0 spiro atoms. The molecule has 5 heteroatoms. The summed E-state index contributed by atoms with van der Waals surface area (Å²) in [7, 11) is 1.80. The Morgan fingerprint density at radius 1 is 1.19 bits per heavy atom. The molecule has 1 fully saturated rings. The van der Waals surface area contributed by atoms with Gasteiger partial charge < -0.3 is 15.5 Å². The SMILES string of the molecule is CN=C(NCc1cccc(C)n1)NC(C)c1cccc(N2CCCC2)c1. The topological polar surface area (TPSA) is 52.6 Å². The zero-order chi connectivity index (χ0) is 18.4. The fourth-order valence-corrected chi connectivity index (χ4v) is 3.32. The first-order valence-corrected chi connectivity index (χ1v) is 9.40. The molecular weight excluding hydrogens is 322 g/mol. The van der Waals surface area contributed by atoms with Crippen LogP contribution in [0.4, 0.5) is 5.69 Å². The number of anilines is 1. The van der Waals surface area contributed by atoms with Crippen LogP contribution in [0.5, 0.6) is 0 Å². The second kappa shape index (κ2) is 8.70. The molecule has 138 valence electrons. The molecule has 1 aliphatic heterocycles. The Labute approximate surface area is 156 Å². The number of aryl methyl sites for hydroxylation is 1. The number of hydrogen-bond donors (Lipinski definition) is 2. The first-order chi connectivity index (χ1) is 12.7. The molecule has 1 aromatic heterocycles. The van der Waals surface area contributed by atoms with E-state index in [2.05, 4.69) is 56.7 Å². The maximum atomic E-state index is 4.52. The van der Waals surface area contributed by atoms with Crippen LogP contribution in [0.25, 0.3) is 0 Å². The molecule has 0 aliphatic carbocycles. The fourth-order valence-electron chi connectivity index (χ4n) is 3.32. The number of rotatable bonds is 5. The van der Waals surface area contributed by atoms with E-state index in [0.717, 1.165) is 30.4 Å². The normalized spacial score (nSPS) is 15.8. The van der Waals surface area contributed by atoms with Crippen LogP contribution in [0.1, 0.15) is 42.8 Å². The van der Waals surface area contributed by atoms with E-state index in [4.69, 9.17) is 0 Å². The largest absolute Gasteiger partial charge is 0.372 e. The van der Waals surface area contributed by atoms with Gasteiger partial charge in [-0.3, -0.25) is 9.98 Å². The molecule has 3 rings (SSSR count). The minimum Gasteiger partial charge on any atom is -0.372 e. The lowest BCUT2D eigenvalue weighted by Crippen LogP contribution is -2.38. The highest BCUT2D eigenvalue weighted by molar-refractivity contribution is 5.80. The van der Waals surface area contributed by atoms with Gasteiger partial charge in [-0.25, -0.2) is 0 Å². The van der Waals surface area contributed by atoms with Crippen LogP contribution >= 0.6 is 0 Å². The lowest BCUT2D eigenvalue weighted by Gasteiger charge is -2.22. The third kappa shape index (κ3) is 4.75. The van der Waals surface area contributed by atoms with E-state index < -0.39 is 0 Å². The molecule has 1 unspecified atom stereocenters. The van der Waals surface area contributed by atoms with E-state index in [0.29, 0.717) is 6.54 Å². The van der Waals surface area contributed by atoms with E-state index in [1.807, 2.05) is 25.1 Å². The van der Waals surface area contributed by atoms with E-state index >= 15 is 0 Å². The molecule has 2 heterocycles. The predicted molar refractivity (Wildman–Crippen MR) is 109 cm³/mol. The van der Waals surface area contributed by atoms with Gasteiger partial charge in [0.25, 0.3) is 0 Å². The first kappa shape index (κ1) is 18.2. The Morgan fingerprint density at radius 3 is 2.69 bits per heavy atom. The van der Waals surface area contributed by atoms with Crippen LogP contribution in [0.2, 0.25) is 0 Å². The summed E-state index contributed by atoms with van der Waals surface area (Å²) < 4.78 is 0. The van der Waals surface area contributed by atoms with Crippen LogP contribution in [-0.2, 0) is 6.54 Å². The van der Waals surface area contributed by atoms with Gasteiger partial charge in [-0.1, -0.05) is 18.2 Å². The summed E-state index contributed by atoms with van der Waals surface area (Å²) in [5, 5.41) is 6.83. The van der Waals surface area contributed by atoms with Crippen LogP contribution < -0.4 is 15.5 Å². The molecule has 2 aromatic rings. The van der Waals surface area contributed by atoms with Crippen molar-refractivity contribution in [1.82, 2.24) is 15.6 Å². The van der Waals surface area contributed by atoms with Crippen molar-refractivity contribution >= 4 is 11.6 Å². The lowest BCUT2D eigenvalue weighted by atomic mass is 10.1. The number of hydrogen-bond acceptors (Lipinski definition) is 3. The number of nitrogens with zero attached hydrogens (tertiary/aromatic N) is 3. The van der Waals surface area contributed by atoms with E-state index in [9.17, 15) is 0 Å². The van der Waals surface area contributed by atoms with Crippen LogP contribution in [0, 0.1) is 6.92 Å². The molecule has 1 aliphatic rings. The fraction of sp³-hybridized carbons (Fsp3) is 0.429. The lowest BCUT2D eigenvalue weighted by molar-refractivity contribution is 0.682. The van der Waals surface area contributed by atoms with Gasteiger partial charge in [-0.15, -0.1) is 0 Å². The summed E-state index contributed by atoms with van der Waals surface area (Å²) in [6, 6.07) is 15.1. The Bertz CT molecular complexity index is 750. The Morgan fingerprint density at radius 2 is 1.96 bits per heavy atom. The van der Waals surface area contributed by atoms with Gasteiger partial charge in [-0.05, 0) is 56.5 Å². The van der Waals surface area contributed by atoms with Gasteiger partial charge >= 0.3 is 0 Å². The van der Waals surface area contributed by atoms with Crippen LogP contribution in [0.3, 0.4) is 0 Å². The molecule has 2 N–H and O–H groups in total. The van der Waals surface area contributed by atoms with Gasteiger partial charge in [0.1, 0.15) is 0 Å². The number of benzene rings is 1. The van der Waals surface area contributed by atoms with E-state index in [1.165, 1.54) is 24.1 Å². The summed E-state index contributed by atoms with van der Waals surface area (Å²) in [6.45, 7) is 7.16. The predicted octanol–water partition coefficient (Wildman–Crippen LogP) is 3.42. The van der Waals surface area contributed by atoms with Crippen molar-refractivity contribution in [3.05, 3.63) is 59.4 Å². The summed E-state index contributed by atoms with van der Waals surface area (Å²) in [5.74, 6) is 0.785. The average Bonchev–Trinajstić information content (AvgIpc) is 3.20. The van der Waals surface area contributed by atoms with Crippen LogP contribution in [0.15, 0.2) is 47.5 Å². The first-order valence-electron chi connectivity index (χ1n) is 9.40. The highest BCUT2D eigenvalue weighted by Crippen LogP contribution is 2.23. The highest BCUT2D eigenvalue weighted by atomic mass is 15.2. The Hall–Kier alpha value is -2.56. The Kier molecular flexibility index (Phi) is 6.10. The summed E-state index contributed by atoms with van der Waals surface area (Å²) >= 11 is 0. The minimum absolute atomic E-state index is 0.175. The van der Waals surface area contributed by atoms with Crippen molar-refractivity contribution < 1.29 is 0 Å². The van der Waals surface area contributed by atoms with Crippen molar-refractivity contribution in [2.24, 2.45) is 4.99 Å². The molecule has 1 aromatic carbocycles. The number of aromatic nitrogens is 1. The second-order valence-corrected chi connectivity index (χ2v) is 6.85. The molecule has 0 radical (unpaired) electrons. The van der Waals surface area contributed by atoms with Crippen molar-refractivity contribution in [3.8, 4) is 0 Å². The van der Waals surface area contributed by atoms with Crippen molar-refractivity contribution in [2.45, 2.75) is 39.3 Å². The van der Waals surface area contributed by atoms with E-state index in [1.54, 1.807) is 7.05 Å². The molecule has 5 nitrogen and oxygen atoms in total. The highest BCUT2D eigenvalue weighted by Gasteiger charge is 2.14. The molecule has 0 bridgehead atoms. The third-order valence-electron chi connectivity index (χ3n) is 4.80. The zero-order valence-electron chi connectivity index (χ0n) is 16.0. The van der Waals surface area contributed by atoms with Crippen molar-refractivity contribution in [1.29, 1.82) is 0 Å². The van der Waals surface area contributed by atoms with Gasteiger partial charge in [0.2, 0.25) is 0 Å². The molecule has 0 amide bonds. The van der Waals surface area contributed by atoms with Gasteiger partial charge in [-0.2, -0.15) is 0 Å². The zero-order valence-corrected chi connectivity index (χ0v) is 16.0. The maximum absolute atomic E-state index is 4.52. The standard InChI is InChI=1S/C21H29N5/c1-16-8-6-10-19(24-16)15-23-21(22-3)25-17(2)18-9-7-11-20(14-18)26-12-4-5-13-26/h6-11,14,17H,4-5,12-13,15H2,1-3H3,(H2,22,23,25). The molecule has 1 atom stereocenters. The monoisotopic (exact) mass is 351 g/mol.